The molecule has 0 heterocycles. The summed E-state index contributed by atoms with van der Waals surface area (Å²) in [4.78, 5) is 24.6. The fraction of sp³-hybridized carbons (Fsp3) is 0.364. The van der Waals surface area contributed by atoms with Gasteiger partial charge >= 0.3 is 0 Å². The van der Waals surface area contributed by atoms with E-state index >= 15 is 0 Å². The van der Waals surface area contributed by atoms with E-state index in [4.69, 9.17) is 0 Å². The van der Waals surface area contributed by atoms with Crippen LogP contribution in [0.4, 0.5) is 4.39 Å². The third-order valence-electron chi connectivity index (χ3n) is 5.00. The first-order valence-corrected chi connectivity index (χ1v) is 9.56. The van der Waals surface area contributed by atoms with E-state index in [1.165, 1.54) is 18.9 Å². The Balaban J connectivity index is 1.55. The SMILES string of the molecule is O=C(NCc1ccccc1F)c1ccc(C(=O)NC2CCCCCC2)cc1. The number of nitrogens with one attached hydrogen (secondary N) is 2. The molecule has 2 aromatic rings. The highest BCUT2D eigenvalue weighted by Gasteiger charge is 2.16. The second-order valence-electron chi connectivity index (χ2n) is 7.01. The molecule has 2 N–H and O–H groups in total. The minimum Gasteiger partial charge on any atom is -0.349 e. The summed E-state index contributed by atoms with van der Waals surface area (Å²) in [5, 5.41) is 5.79. The number of carbonyl (C=O) groups excluding carboxylic acids is 2. The van der Waals surface area contributed by atoms with Gasteiger partial charge in [-0.05, 0) is 43.2 Å². The molecule has 142 valence electrons. The molecule has 3 rings (SSSR count). The van der Waals surface area contributed by atoms with Gasteiger partial charge in [0.1, 0.15) is 5.82 Å². The molecule has 2 aromatic carbocycles. The van der Waals surface area contributed by atoms with E-state index in [9.17, 15) is 14.0 Å². The average Bonchev–Trinajstić information content (AvgIpc) is 2.96. The van der Waals surface area contributed by atoms with Crippen molar-refractivity contribution in [3.63, 3.8) is 0 Å². The summed E-state index contributed by atoms with van der Waals surface area (Å²) in [7, 11) is 0. The summed E-state index contributed by atoms with van der Waals surface area (Å²) < 4.78 is 13.6. The van der Waals surface area contributed by atoms with Gasteiger partial charge in [-0.15, -0.1) is 0 Å². The highest BCUT2D eigenvalue weighted by Crippen LogP contribution is 2.18. The lowest BCUT2D eigenvalue weighted by atomic mass is 10.1. The molecular weight excluding hydrogens is 343 g/mol. The van der Waals surface area contributed by atoms with Crippen LogP contribution in [0.15, 0.2) is 48.5 Å². The standard InChI is InChI=1S/C22H25FN2O2/c23-20-10-6-5-7-18(20)15-24-21(26)16-11-13-17(14-12-16)22(27)25-19-8-3-1-2-4-9-19/h5-7,10-14,19H,1-4,8-9,15H2,(H,24,26)(H,25,27). The van der Waals surface area contributed by atoms with E-state index in [-0.39, 0.29) is 30.2 Å². The van der Waals surface area contributed by atoms with Crippen molar-refractivity contribution in [1.82, 2.24) is 10.6 Å². The highest BCUT2D eigenvalue weighted by atomic mass is 19.1. The van der Waals surface area contributed by atoms with Crippen LogP contribution in [0, 0.1) is 5.82 Å². The molecule has 0 aliphatic heterocycles. The molecule has 0 bridgehead atoms. The molecule has 4 nitrogen and oxygen atoms in total. The predicted molar refractivity (Wildman–Crippen MR) is 103 cm³/mol. The third-order valence-corrected chi connectivity index (χ3v) is 5.00. The summed E-state index contributed by atoms with van der Waals surface area (Å²) in [6.45, 7) is 0.120. The lowest BCUT2D eigenvalue weighted by Crippen LogP contribution is -2.34. The van der Waals surface area contributed by atoms with Crippen LogP contribution in [0.2, 0.25) is 0 Å². The van der Waals surface area contributed by atoms with E-state index < -0.39 is 0 Å². The van der Waals surface area contributed by atoms with Crippen LogP contribution in [-0.4, -0.2) is 17.9 Å². The fourth-order valence-corrected chi connectivity index (χ4v) is 3.38. The second kappa shape index (κ2) is 9.31. The van der Waals surface area contributed by atoms with Crippen LogP contribution in [0.3, 0.4) is 0 Å². The number of rotatable bonds is 5. The van der Waals surface area contributed by atoms with Crippen LogP contribution in [0.1, 0.15) is 64.8 Å². The van der Waals surface area contributed by atoms with Gasteiger partial charge in [-0.1, -0.05) is 43.9 Å². The van der Waals surface area contributed by atoms with Gasteiger partial charge in [-0.2, -0.15) is 0 Å². The predicted octanol–water partition coefficient (Wildman–Crippen LogP) is 4.21. The van der Waals surface area contributed by atoms with Crippen LogP contribution in [0.25, 0.3) is 0 Å². The van der Waals surface area contributed by atoms with Crippen LogP contribution >= 0.6 is 0 Å². The van der Waals surface area contributed by atoms with Gasteiger partial charge in [0, 0.05) is 29.3 Å². The number of amides is 2. The molecule has 5 heteroatoms. The summed E-state index contributed by atoms with van der Waals surface area (Å²) in [5.41, 5.74) is 1.42. The first kappa shape index (κ1) is 19.1. The van der Waals surface area contributed by atoms with Crippen LogP contribution < -0.4 is 10.6 Å². The van der Waals surface area contributed by atoms with E-state index in [2.05, 4.69) is 10.6 Å². The zero-order chi connectivity index (χ0) is 19.1. The van der Waals surface area contributed by atoms with Crippen LogP contribution in [-0.2, 0) is 6.54 Å². The number of hydrogen-bond donors (Lipinski definition) is 2. The largest absolute Gasteiger partial charge is 0.349 e. The molecule has 0 radical (unpaired) electrons. The molecular formula is C22H25FN2O2. The van der Waals surface area contributed by atoms with Crippen LogP contribution in [0.5, 0.6) is 0 Å². The maximum atomic E-state index is 13.6. The van der Waals surface area contributed by atoms with E-state index in [1.54, 1.807) is 42.5 Å². The average molecular weight is 368 g/mol. The number of benzene rings is 2. The minimum atomic E-state index is -0.344. The molecule has 0 atom stereocenters. The molecule has 1 fully saturated rings. The van der Waals surface area contributed by atoms with Crippen molar-refractivity contribution in [3.05, 3.63) is 71.0 Å². The molecule has 2 amide bonds. The Labute approximate surface area is 159 Å². The number of carbonyl (C=O) groups is 2. The fourth-order valence-electron chi connectivity index (χ4n) is 3.38. The van der Waals surface area contributed by atoms with Gasteiger partial charge < -0.3 is 10.6 Å². The number of halogens is 1. The first-order valence-electron chi connectivity index (χ1n) is 9.56. The summed E-state index contributed by atoms with van der Waals surface area (Å²) in [6, 6.07) is 13.1. The Morgan fingerprint density at radius 2 is 1.44 bits per heavy atom. The Morgan fingerprint density at radius 3 is 2.07 bits per heavy atom. The minimum absolute atomic E-state index is 0.0970. The zero-order valence-electron chi connectivity index (χ0n) is 15.3. The maximum absolute atomic E-state index is 13.6. The molecule has 27 heavy (non-hydrogen) atoms. The van der Waals surface area contributed by atoms with Gasteiger partial charge in [0.25, 0.3) is 11.8 Å². The lowest BCUT2D eigenvalue weighted by molar-refractivity contribution is 0.0927. The molecule has 0 aromatic heterocycles. The van der Waals surface area contributed by atoms with Crippen molar-refractivity contribution in [2.45, 2.75) is 51.1 Å². The molecule has 0 spiro atoms. The Morgan fingerprint density at radius 1 is 0.852 bits per heavy atom. The van der Waals surface area contributed by atoms with E-state index in [0.29, 0.717) is 16.7 Å². The van der Waals surface area contributed by atoms with E-state index in [1.807, 2.05) is 0 Å². The zero-order valence-corrected chi connectivity index (χ0v) is 15.3. The Hall–Kier alpha value is -2.69. The normalized spacial score (nSPS) is 15.0. The Kier molecular flexibility index (Phi) is 6.58. The molecule has 1 aliphatic carbocycles. The molecule has 1 saturated carbocycles. The summed E-state index contributed by atoms with van der Waals surface area (Å²) in [6.07, 6.45) is 6.86. The topological polar surface area (TPSA) is 58.2 Å². The number of hydrogen-bond acceptors (Lipinski definition) is 2. The van der Waals surface area contributed by atoms with Gasteiger partial charge in [0.05, 0.1) is 0 Å². The first-order chi connectivity index (χ1) is 13.1. The molecule has 1 aliphatic rings. The lowest BCUT2D eigenvalue weighted by Gasteiger charge is -2.16. The van der Waals surface area contributed by atoms with Gasteiger partial charge in [-0.3, -0.25) is 9.59 Å². The van der Waals surface area contributed by atoms with Crippen molar-refractivity contribution in [2.75, 3.05) is 0 Å². The smallest absolute Gasteiger partial charge is 0.251 e. The second-order valence-corrected chi connectivity index (χ2v) is 7.01. The Bertz CT molecular complexity index is 781. The monoisotopic (exact) mass is 368 g/mol. The summed E-state index contributed by atoms with van der Waals surface area (Å²) in [5.74, 6) is -0.738. The van der Waals surface area contributed by atoms with Crippen molar-refractivity contribution in [3.8, 4) is 0 Å². The van der Waals surface area contributed by atoms with Crippen molar-refractivity contribution >= 4 is 11.8 Å². The highest BCUT2D eigenvalue weighted by molar-refractivity contribution is 5.97. The third kappa shape index (κ3) is 5.39. The van der Waals surface area contributed by atoms with E-state index in [0.717, 1.165) is 25.7 Å². The van der Waals surface area contributed by atoms with Gasteiger partial charge in [0.2, 0.25) is 0 Å². The quantitative estimate of drug-likeness (QED) is 0.777. The van der Waals surface area contributed by atoms with Crippen molar-refractivity contribution in [1.29, 1.82) is 0 Å². The molecule has 0 saturated heterocycles. The summed E-state index contributed by atoms with van der Waals surface area (Å²) >= 11 is 0. The van der Waals surface area contributed by atoms with Crippen molar-refractivity contribution in [2.24, 2.45) is 0 Å². The van der Waals surface area contributed by atoms with Gasteiger partial charge in [0.15, 0.2) is 0 Å². The van der Waals surface area contributed by atoms with Crippen molar-refractivity contribution < 1.29 is 14.0 Å². The van der Waals surface area contributed by atoms with Gasteiger partial charge in [-0.25, -0.2) is 4.39 Å². The molecule has 0 unspecified atom stereocenters. The maximum Gasteiger partial charge on any atom is 0.251 e.